The molecule has 0 fully saturated rings. The molecule has 21 heavy (non-hydrogen) atoms. The quantitative estimate of drug-likeness (QED) is 0.617. The Morgan fingerprint density at radius 3 is 2.90 bits per heavy atom. The van der Waals surface area contributed by atoms with Crippen LogP contribution in [0.1, 0.15) is 17.5 Å². The molecule has 0 saturated carbocycles. The topological polar surface area (TPSA) is 103 Å². The van der Waals surface area contributed by atoms with Crippen molar-refractivity contribution >= 4 is 23.0 Å². The summed E-state index contributed by atoms with van der Waals surface area (Å²) in [7, 11) is 0. The van der Waals surface area contributed by atoms with Crippen LogP contribution in [0.15, 0.2) is 11.7 Å². The highest BCUT2D eigenvalue weighted by Gasteiger charge is 2.19. The number of nitrogens with zero attached hydrogens (tertiary/aromatic N) is 4. The fraction of sp³-hybridized carbons (Fsp3) is 0.417. The second-order valence-corrected chi connectivity index (χ2v) is 5.07. The van der Waals surface area contributed by atoms with Crippen molar-refractivity contribution in [3.05, 3.63) is 32.4 Å². The Morgan fingerprint density at radius 2 is 2.29 bits per heavy atom. The van der Waals surface area contributed by atoms with Crippen molar-refractivity contribution in [1.29, 1.82) is 0 Å². The average Bonchev–Trinajstić information content (AvgIpc) is 2.85. The third-order valence-corrected chi connectivity index (χ3v) is 3.67. The van der Waals surface area contributed by atoms with Crippen LogP contribution in [-0.4, -0.2) is 33.0 Å². The third kappa shape index (κ3) is 3.85. The van der Waals surface area contributed by atoms with Crippen molar-refractivity contribution in [1.82, 2.24) is 15.0 Å². The molecule has 9 heteroatoms. The third-order valence-electron chi connectivity index (χ3n) is 2.68. The van der Waals surface area contributed by atoms with Crippen molar-refractivity contribution in [3.63, 3.8) is 0 Å². The molecule has 0 saturated heterocycles. The van der Waals surface area contributed by atoms with Crippen LogP contribution in [0.2, 0.25) is 0 Å². The highest BCUT2D eigenvalue weighted by atomic mass is 32.1. The van der Waals surface area contributed by atoms with Crippen molar-refractivity contribution < 1.29 is 9.66 Å². The molecule has 8 nitrogen and oxygen atoms in total. The summed E-state index contributed by atoms with van der Waals surface area (Å²) in [5.74, 6) is 0.292. The number of hydrogen-bond acceptors (Lipinski definition) is 8. The molecule has 2 aromatic heterocycles. The van der Waals surface area contributed by atoms with E-state index in [-0.39, 0.29) is 11.6 Å². The maximum Gasteiger partial charge on any atom is 0.349 e. The minimum absolute atomic E-state index is 0.0203. The maximum atomic E-state index is 11.0. The van der Waals surface area contributed by atoms with E-state index < -0.39 is 4.92 Å². The van der Waals surface area contributed by atoms with Crippen molar-refractivity contribution in [3.8, 4) is 5.88 Å². The molecule has 2 rings (SSSR count). The van der Waals surface area contributed by atoms with E-state index >= 15 is 0 Å². The molecule has 112 valence electrons. The Hall–Kier alpha value is -2.29. The summed E-state index contributed by atoms with van der Waals surface area (Å²) in [6.45, 7) is 4.73. The normalized spacial score (nSPS) is 10.4. The van der Waals surface area contributed by atoms with Gasteiger partial charge in [-0.15, -0.1) is 11.3 Å². The smallest absolute Gasteiger partial charge is 0.349 e. The first-order valence-corrected chi connectivity index (χ1v) is 7.26. The summed E-state index contributed by atoms with van der Waals surface area (Å²) >= 11 is 1.54. The van der Waals surface area contributed by atoms with E-state index in [0.717, 1.165) is 16.8 Å². The molecule has 0 bridgehead atoms. The van der Waals surface area contributed by atoms with E-state index in [1.54, 1.807) is 5.51 Å². The summed E-state index contributed by atoms with van der Waals surface area (Å²) < 4.78 is 5.46. The van der Waals surface area contributed by atoms with Gasteiger partial charge in [-0.05, 0) is 13.8 Å². The van der Waals surface area contributed by atoms with Gasteiger partial charge in [0.1, 0.15) is 6.20 Å². The Labute approximate surface area is 125 Å². The summed E-state index contributed by atoms with van der Waals surface area (Å²) in [6.07, 6.45) is 1.78. The monoisotopic (exact) mass is 309 g/mol. The highest BCUT2D eigenvalue weighted by Crippen LogP contribution is 2.24. The number of ether oxygens (including phenoxy) is 1. The van der Waals surface area contributed by atoms with Gasteiger partial charge in [-0.3, -0.25) is 10.1 Å². The van der Waals surface area contributed by atoms with Gasteiger partial charge in [-0.1, -0.05) is 0 Å². The lowest BCUT2D eigenvalue weighted by Crippen LogP contribution is -2.08. The van der Waals surface area contributed by atoms with Crippen LogP contribution in [0.25, 0.3) is 0 Å². The van der Waals surface area contributed by atoms with Crippen LogP contribution >= 0.6 is 11.3 Å². The Kier molecular flexibility index (Phi) is 4.99. The lowest BCUT2D eigenvalue weighted by Gasteiger charge is -2.07. The average molecular weight is 309 g/mol. The first-order valence-electron chi connectivity index (χ1n) is 6.39. The fourth-order valence-electron chi connectivity index (χ4n) is 1.64. The Morgan fingerprint density at radius 1 is 1.48 bits per heavy atom. The Balaban J connectivity index is 2.07. The lowest BCUT2D eigenvalue weighted by atomic mass is 10.3. The molecular formula is C12H15N5O3S. The first kappa shape index (κ1) is 15.1. The predicted octanol–water partition coefficient (Wildman–Crippen LogP) is 2.20. The van der Waals surface area contributed by atoms with Gasteiger partial charge in [0, 0.05) is 17.8 Å². The van der Waals surface area contributed by atoms with Gasteiger partial charge in [-0.25, -0.2) is 9.97 Å². The predicted molar refractivity (Wildman–Crippen MR) is 78.9 cm³/mol. The molecule has 0 aromatic carbocycles. The minimum atomic E-state index is -0.553. The lowest BCUT2D eigenvalue weighted by molar-refractivity contribution is -0.386. The number of rotatable bonds is 7. The van der Waals surface area contributed by atoms with Gasteiger partial charge in [0.05, 0.1) is 22.7 Å². The molecule has 0 unspecified atom stereocenters. The minimum Gasteiger partial charge on any atom is -0.472 e. The fourth-order valence-corrected chi connectivity index (χ4v) is 2.40. The second-order valence-electron chi connectivity index (χ2n) is 4.13. The molecule has 0 aliphatic heterocycles. The summed E-state index contributed by atoms with van der Waals surface area (Å²) in [5, 5.41) is 13.8. The summed E-state index contributed by atoms with van der Waals surface area (Å²) in [4.78, 5) is 23.5. The van der Waals surface area contributed by atoms with Crippen LogP contribution in [0.5, 0.6) is 5.88 Å². The largest absolute Gasteiger partial charge is 0.472 e. The molecule has 2 heterocycles. The Bertz CT molecular complexity index is 631. The number of nitro groups is 1. The van der Waals surface area contributed by atoms with Crippen molar-refractivity contribution in [2.24, 2.45) is 0 Å². The number of aryl methyl sites for hydroxylation is 1. The zero-order valence-electron chi connectivity index (χ0n) is 11.7. The van der Waals surface area contributed by atoms with E-state index in [1.165, 1.54) is 11.3 Å². The first-order chi connectivity index (χ1) is 10.1. The van der Waals surface area contributed by atoms with Crippen molar-refractivity contribution in [2.75, 3.05) is 18.5 Å². The van der Waals surface area contributed by atoms with Crippen LogP contribution in [0.3, 0.4) is 0 Å². The van der Waals surface area contributed by atoms with E-state index in [4.69, 9.17) is 4.74 Å². The van der Waals surface area contributed by atoms with Gasteiger partial charge in [-0.2, -0.15) is 4.98 Å². The molecule has 0 aliphatic rings. The number of hydrogen-bond donors (Lipinski definition) is 1. The summed E-state index contributed by atoms with van der Waals surface area (Å²) in [6, 6.07) is 0. The van der Waals surface area contributed by atoms with Gasteiger partial charge < -0.3 is 10.1 Å². The highest BCUT2D eigenvalue weighted by molar-refractivity contribution is 7.09. The standard InChI is InChI=1S/C12H15N5O3S/c1-3-13-12-14-6-9(17(18)19)11(16-12)20-5-4-10-8(2)15-7-21-10/h6-7H,3-5H2,1-2H3,(H,13,14,16). The van der Waals surface area contributed by atoms with Gasteiger partial charge in [0.2, 0.25) is 5.95 Å². The molecule has 0 amide bonds. The molecule has 0 aliphatic carbocycles. The molecule has 0 radical (unpaired) electrons. The van der Waals surface area contributed by atoms with Crippen LogP contribution in [0.4, 0.5) is 11.6 Å². The summed E-state index contributed by atoms with van der Waals surface area (Å²) in [5.41, 5.74) is 2.48. The number of anilines is 1. The van der Waals surface area contributed by atoms with Gasteiger partial charge in [0.25, 0.3) is 5.88 Å². The van der Waals surface area contributed by atoms with Gasteiger partial charge in [0.15, 0.2) is 0 Å². The second kappa shape index (κ2) is 6.93. The van der Waals surface area contributed by atoms with Crippen molar-refractivity contribution in [2.45, 2.75) is 20.3 Å². The van der Waals surface area contributed by atoms with Crippen LogP contribution < -0.4 is 10.1 Å². The molecular weight excluding hydrogens is 294 g/mol. The zero-order chi connectivity index (χ0) is 15.2. The van der Waals surface area contributed by atoms with E-state index in [0.29, 0.717) is 25.5 Å². The van der Waals surface area contributed by atoms with Crippen LogP contribution in [0, 0.1) is 17.0 Å². The number of aromatic nitrogens is 3. The SMILES string of the molecule is CCNc1ncc([N+](=O)[O-])c(OCCc2scnc2C)n1. The van der Waals surface area contributed by atoms with E-state index in [2.05, 4.69) is 20.3 Å². The van der Waals surface area contributed by atoms with E-state index in [9.17, 15) is 10.1 Å². The molecule has 0 atom stereocenters. The van der Waals surface area contributed by atoms with Gasteiger partial charge >= 0.3 is 5.69 Å². The van der Waals surface area contributed by atoms with E-state index in [1.807, 2.05) is 13.8 Å². The number of nitrogens with one attached hydrogen (secondary N) is 1. The zero-order valence-corrected chi connectivity index (χ0v) is 12.5. The molecule has 0 spiro atoms. The molecule has 2 aromatic rings. The number of thiazole rings is 1. The molecule has 1 N–H and O–H groups in total. The van der Waals surface area contributed by atoms with Crippen LogP contribution in [-0.2, 0) is 6.42 Å². The maximum absolute atomic E-state index is 11.0.